The lowest BCUT2D eigenvalue weighted by atomic mass is 10.3. The van der Waals surface area contributed by atoms with E-state index in [1.807, 2.05) is 18.2 Å². The van der Waals surface area contributed by atoms with E-state index < -0.39 is 0 Å². The van der Waals surface area contributed by atoms with Gasteiger partial charge in [0.15, 0.2) is 0 Å². The smallest absolute Gasteiger partial charge is 0.244 e. The van der Waals surface area contributed by atoms with Gasteiger partial charge in [-0.15, -0.1) is 11.8 Å². The van der Waals surface area contributed by atoms with Crippen LogP contribution in [0.15, 0.2) is 35.2 Å². The number of thioether (sulfide) groups is 1. The van der Waals surface area contributed by atoms with Gasteiger partial charge in [0.05, 0.1) is 6.10 Å². The number of hydrogen-bond donors (Lipinski definition) is 1. The molecule has 1 aliphatic carbocycles. The van der Waals surface area contributed by atoms with Crippen LogP contribution in [0.4, 0.5) is 0 Å². The average Bonchev–Trinajstić information content (AvgIpc) is 2.91. The normalized spacial score (nSPS) is 15.8. The molecule has 0 unspecified atom stereocenters. The van der Waals surface area contributed by atoms with E-state index in [1.165, 1.54) is 17.7 Å². The molecule has 3 nitrogen and oxygen atoms in total. The highest BCUT2D eigenvalue weighted by Crippen LogP contribution is 2.20. The van der Waals surface area contributed by atoms with Crippen molar-refractivity contribution in [2.45, 2.75) is 43.1 Å². The molecule has 1 aromatic rings. The van der Waals surface area contributed by atoms with Crippen LogP contribution in [0.5, 0.6) is 0 Å². The molecule has 0 radical (unpaired) electrons. The average molecular weight is 265 g/mol. The van der Waals surface area contributed by atoms with Crippen LogP contribution in [0, 0.1) is 0 Å². The number of carbonyl (C=O) groups is 1. The predicted molar refractivity (Wildman–Crippen MR) is 73.3 cm³/mol. The van der Waals surface area contributed by atoms with Crippen LogP contribution < -0.4 is 5.48 Å². The molecule has 1 saturated carbocycles. The lowest BCUT2D eigenvalue weighted by Crippen LogP contribution is -2.28. The first-order chi connectivity index (χ1) is 8.84. The molecule has 0 atom stereocenters. The SMILES string of the molecule is O=C(CCSc1ccccc1)NOC1CCCC1. The van der Waals surface area contributed by atoms with E-state index in [-0.39, 0.29) is 12.0 Å². The van der Waals surface area contributed by atoms with Crippen LogP contribution in [0.2, 0.25) is 0 Å². The molecular formula is C14H19NO2S. The number of rotatable bonds is 6. The molecule has 0 spiro atoms. The molecule has 18 heavy (non-hydrogen) atoms. The zero-order valence-electron chi connectivity index (χ0n) is 10.4. The summed E-state index contributed by atoms with van der Waals surface area (Å²) in [6, 6.07) is 10.1. The maximum Gasteiger partial charge on any atom is 0.244 e. The molecule has 98 valence electrons. The molecule has 0 aromatic heterocycles. The van der Waals surface area contributed by atoms with Crippen molar-refractivity contribution in [1.29, 1.82) is 0 Å². The van der Waals surface area contributed by atoms with Gasteiger partial charge >= 0.3 is 0 Å². The van der Waals surface area contributed by atoms with Gasteiger partial charge in [-0.25, -0.2) is 5.48 Å². The van der Waals surface area contributed by atoms with Crippen molar-refractivity contribution in [3.63, 3.8) is 0 Å². The second-order valence-electron chi connectivity index (χ2n) is 4.46. The Labute approximate surface area is 112 Å². The number of hydrogen-bond acceptors (Lipinski definition) is 3. The van der Waals surface area contributed by atoms with Crippen LogP contribution in [0.25, 0.3) is 0 Å². The Kier molecular flexibility index (Phi) is 5.55. The molecule has 0 heterocycles. The van der Waals surface area contributed by atoms with Gasteiger partial charge < -0.3 is 0 Å². The lowest BCUT2D eigenvalue weighted by Gasteiger charge is -2.11. The van der Waals surface area contributed by atoms with Crippen LogP contribution in [-0.4, -0.2) is 17.8 Å². The summed E-state index contributed by atoms with van der Waals surface area (Å²) in [6.07, 6.45) is 5.29. The van der Waals surface area contributed by atoms with Crippen molar-refractivity contribution >= 4 is 17.7 Å². The molecule has 1 aliphatic rings. The third-order valence-corrected chi connectivity index (χ3v) is 4.00. The third kappa shape index (κ3) is 4.70. The van der Waals surface area contributed by atoms with E-state index in [2.05, 4.69) is 17.6 Å². The number of carbonyl (C=O) groups excluding carboxylic acids is 1. The molecule has 4 heteroatoms. The van der Waals surface area contributed by atoms with E-state index >= 15 is 0 Å². The summed E-state index contributed by atoms with van der Waals surface area (Å²) < 4.78 is 0. The first-order valence-corrected chi connectivity index (χ1v) is 7.45. The van der Waals surface area contributed by atoms with Gasteiger partial charge in [0, 0.05) is 17.1 Å². The Hall–Kier alpha value is -1.00. The van der Waals surface area contributed by atoms with Crippen molar-refractivity contribution in [3.05, 3.63) is 30.3 Å². The van der Waals surface area contributed by atoms with Crippen molar-refractivity contribution in [3.8, 4) is 0 Å². The first-order valence-electron chi connectivity index (χ1n) is 6.47. The summed E-state index contributed by atoms with van der Waals surface area (Å²) in [5.74, 6) is 0.759. The van der Waals surface area contributed by atoms with Crippen LogP contribution in [0.1, 0.15) is 32.1 Å². The van der Waals surface area contributed by atoms with Gasteiger partial charge in [-0.1, -0.05) is 31.0 Å². The van der Waals surface area contributed by atoms with Crippen LogP contribution >= 0.6 is 11.8 Å². The zero-order valence-corrected chi connectivity index (χ0v) is 11.2. The number of nitrogens with one attached hydrogen (secondary N) is 1. The quantitative estimate of drug-likeness (QED) is 0.634. The Balaban J connectivity index is 1.57. The number of hydroxylamine groups is 1. The third-order valence-electron chi connectivity index (χ3n) is 2.98. The van der Waals surface area contributed by atoms with Crippen molar-refractivity contribution in [2.24, 2.45) is 0 Å². The highest BCUT2D eigenvalue weighted by Gasteiger charge is 2.16. The minimum absolute atomic E-state index is 0.0228. The van der Waals surface area contributed by atoms with Crippen LogP contribution in [-0.2, 0) is 9.63 Å². The van der Waals surface area contributed by atoms with Crippen molar-refractivity contribution in [2.75, 3.05) is 5.75 Å². The minimum Gasteiger partial charge on any atom is -0.273 e. The fourth-order valence-electron chi connectivity index (χ4n) is 1.98. The summed E-state index contributed by atoms with van der Waals surface area (Å²) in [5, 5.41) is 0. The highest BCUT2D eigenvalue weighted by atomic mass is 32.2. The Morgan fingerprint density at radius 2 is 2.00 bits per heavy atom. The molecular weight excluding hydrogens is 246 g/mol. The predicted octanol–water partition coefficient (Wildman–Crippen LogP) is 3.16. The van der Waals surface area contributed by atoms with Gasteiger partial charge in [-0.2, -0.15) is 0 Å². The summed E-state index contributed by atoms with van der Waals surface area (Å²) in [5.41, 5.74) is 2.56. The van der Waals surface area contributed by atoms with Gasteiger partial charge in [-0.05, 0) is 25.0 Å². The minimum atomic E-state index is -0.0228. The number of benzene rings is 1. The van der Waals surface area contributed by atoms with Gasteiger partial charge in [0.25, 0.3) is 0 Å². The fraction of sp³-hybridized carbons (Fsp3) is 0.500. The molecule has 1 fully saturated rings. The first kappa shape index (κ1) is 13.4. The molecule has 1 aromatic carbocycles. The second kappa shape index (κ2) is 7.44. The van der Waals surface area contributed by atoms with E-state index in [0.29, 0.717) is 6.42 Å². The van der Waals surface area contributed by atoms with E-state index in [4.69, 9.17) is 4.84 Å². The molecule has 1 amide bonds. The maximum absolute atomic E-state index is 11.5. The maximum atomic E-state index is 11.5. The van der Waals surface area contributed by atoms with Gasteiger partial charge in [-0.3, -0.25) is 9.63 Å². The standard InChI is InChI=1S/C14H19NO2S/c16-14(15-17-12-6-4-5-7-12)10-11-18-13-8-2-1-3-9-13/h1-3,8-9,12H,4-7,10-11H2,(H,15,16). The summed E-state index contributed by atoms with van der Waals surface area (Å²) >= 11 is 1.69. The summed E-state index contributed by atoms with van der Waals surface area (Å²) in [6.45, 7) is 0. The van der Waals surface area contributed by atoms with Crippen LogP contribution in [0.3, 0.4) is 0 Å². The Morgan fingerprint density at radius 1 is 1.28 bits per heavy atom. The molecule has 0 saturated heterocycles. The summed E-state index contributed by atoms with van der Waals surface area (Å²) in [4.78, 5) is 18.1. The monoisotopic (exact) mass is 265 g/mol. The molecule has 0 bridgehead atoms. The highest BCUT2D eigenvalue weighted by molar-refractivity contribution is 7.99. The molecule has 2 rings (SSSR count). The lowest BCUT2D eigenvalue weighted by molar-refractivity contribution is -0.137. The fourth-order valence-corrected chi connectivity index (χ4v) is 2.86. The zero-order chi connectivity index (χ0) is 12.6. The molecule has 0 aliphatic heterocycles. The van der Waals surface area contributed by atoms with Gasteiger partial charge in [0.2, 0.25) is 5.91 Å². The van der Waals surface area contributed by atoms with E-state index in [1.54, 1.807) is 11.8 Å². The van der Waals surface area contributed by atoms with E-state index in [9.17, 15) is 4.79 Å². The number of amides is 1. The van der Waals surface area contributed by atoms with Gasteiger partial charge in [0.1, 0.15) is 0 Å². The van der Waals surface area contributed by atoms with Crippen molar-refractivity contribution in [1.82, 2.24) is 5.48 Å². The summed E-state index contributed by atoms with van der Waals surface area (Å²) in [7, 11) is 0. The topological polar surface area (TPSA) is 38.3 Å². The Bertz CT molecular complexity index is 363. The second-order valence-corrected chi connectivity index (χ2v) is 5.63. The Morgan fingerprint density at radius 3 is 2.72 bits per heavy atom. The van der Waals surface area contributed by atoms with E-state index in [0.717, 1.165) is 18.6 Å². The molecule has 1 N–H and O–H groups in total. The largest absolute Gasteiger partial charge is 0.273 e. The van der Waals surface area contributed by atoms with Crippen molar-refractivity contribution < 1.29 is 9.63 Å².